The first-order valence-electron chi connectivity index (χ1n) is 9.27. The van der Waals surface area contributed by atoms with Crippen LogP contribution in [0.4, 0.5) is 0 Å². The van der Waals surface area contributed by atoms with Crippen LogP contribution in [-0.2, 0) is 17.9 Å². The van der Waals surface area contributed by atoms with E-state index in [2.05, 4.69) is 15.6 Å². The standard InChI is InChI=1S/C22H23N3O3S/c1-15(25-22(27)21-10-9-20(29-21)13-24-16(2)26)18-5-7-19(8-6-18)28-14-17-4-3-11-23-12-17/h3-12,15H,13-14H2,1-2H3,(H,24,26)(H,25,27). The van der Waals surface area contributed by atoms with Crippen molar-refractivity contribution < 1.29 is 14.3 Å². The van der Waals surface area contributed by atoms with Gasteiger partial charge in [0.1, 0.15) is 12.4 Å². The Morgan fingerprint density at radius 3 is 2.62 bits per heavy atom. The summed E-state index contributed by atoms with van der Waals surface area (Å²) in [5.41, 5.74) is 1.99. The number of hydrogen-bond donors (Lipinski definition) is 2. The summed E-state index contributed by atoms with van der Waals surface area (Å²) in [4.78, 5) is 29.1. The largest absolute Gasteiger partial charge is 0.489 e. The Labute approximate surface area is 173 Å². The molecule has 0 bridgehead atoms. The van der Waals surface area contributed by atoms with Crippen LogP contribution in [0.1, 0.15) is 45.6 Å². The molecule has 0 saturated carbocycles. The highest BCUT2D eigenvalue weighted by atomic mass is 32.1. The molecule has 7 heteroatoms. The van der Waals surface area contributed by atoms with Crippen molar-refractivity contribution in [2.45, 2.75) is 33.0 Å². The van der Waals surface area contributed by atoms with Crippen LogP contribution in [0.3, 0.4) is 0 Å². The van der Waals surface area contributed by atoms with Crippen molar-refractivity contribution in [3.05, 3.63) is 81.8 Å². The van der Waals surface area contributed by atoms with E-state index in [9.17, 15) is 9.59 Å². The lowest BCUT2D eigenvalue weighted by atomic mass is 10.1. The Balaban J connectivity index is 1.52. The second kappa shape index (κ2) is 9.84. The predicted molar refractivity (Wildman–Crippen MR) is 113 cm³/mol. The molecule has 2 N–H and O–H groups in total. The van der Waals surface area contributed by atoms with Crippen LogP contribution >= 0.6 is 11.3 Å². The quantitative estimate of drug-likeness (QED) is 0.592. The lowest BCUT2D eigenvalue weighted by molar-refractivity contribution is -0.119. The molecule has 2 amide bonds. The zero-order valence-electron chi connectivity index (χ0n) is 16.3. The van der Waals surface area contributed by atoms with Crippen LogP contribution in [0, 0.1) is 0 Å². The molecule has 0 radical (unpaired) electrons. The number of carbonyl (C=O) groups is 2. The Bertz CT molecular complexity index is 955. The number of nitrogens with one attached hydrogen (secondary N) is 2. The lowest BCUT2D eigenvalue weighted by Gasteiger charge is -2.14. The number of rotatable bonds is 8. The van der Waals surface area contributed by atoms with E-state index in [0.29, 0.717) is 18.0 Å². The molecule has 0 saturated heterocycles. The van der Waals surface area contributed by atoms with Crippen molar-refractivity contribution in [2.24, 2.45) is 0 Å². The van der Waals surface area contributed by atoms with Crippen molar-refractivity contribution in [1.82, 2.24) is 15.6 Å². The average molecular weight is 410 g/mol. The SMILES string of the molecule is CC(=O)NCc1ccc(C(=O)NC(C)c2ccc(OCc3cccnc3)cc2)s1. The third kappa shape index (κ3) is 6.15. The molecular weight excluding hydrogens is 386 g/mol. The van der Waals surface area contributed by atoms with Crippen molar-refractivity contribution in [1.29, 1.82) is 0 Å². The van der Waals surface area contributed by atoms with Crippen molar-refractivity contribution >= 4 is 23.2 Å². The molecule has 0 aliphatic carbocycles. The minimum Gasteiger partial charge on any atom is -0.489 e. The number of carbonyl (C=O) groups excluding carboxylic acids is 2. The molecule has 0 fully saturated rings. The fraction of sp³-hybridized carbons (Fsp3) is 0.227. The second-order valence-electron chi connectivity index (χ2n) is 6.59. The molecule has 0 aliphatic heterocycles. The highest BCUT2D eigenvalue weighted by Gasteiger charge is 2.14. The van der Waals surface area contributed by atoms with E-state index in [4.69, 9.17) is 4.74 Å². The zero-order chi connectivity index (χ0) is 20.6. The Kier molecular flexibility index (Phi) is 6.97. The van der Waals surface area contributed by atoms with Gasteiger partial charge >= 0.3 is 0 Å². The van der Waals surface area contributed by atoms with Crippen LogP contribution in [0.25, 0.3) is 0 Å². The van der Waals surface area contributed by atoms with Gasteiger partial charge in [-0.15, -0.1) is 11.3 Å². The highest BCUT2D eigenvalue weighted by Crippen LogP contribution is 2.21. The van der Waals surface area contributed by atoms with Gasteiger partial charge < -0.3 is 15.4 Å². The summed E-state index contributed by atoms with van der Waals surface area (Å²) >= 11 is 1.38. The molecule has 1 unspecified atom stereocenters. The number of benzene rings is 1. The number of ether oxygens (including phenoxy) is 1. The van der Waals surface area contributed by atoms with Crippen LogP contribution < -0.4 is 15.4 Å². The molecule has 1 aromatic carbocycles. The topological polar surface area (TPSA) is 80.3 Å². The van der Waals surface area contributed by atoms with Crippen LogP contribution in [0.15, 0.2) is 60.9 Å². The second-order valence-corrected chi connectivity index (χ2v) is 7.76. The maximum absolute atomic E-state index is 12.5. The Hall–Kier alpha value is -3.19. The first kappa shape index (κ1) is 20.5. The third-order valence-corrected chi connectivity index (χ3v) is 5.34. The number of hydrogen-bond acceptors (Lipinski definition) is 5. The summed E-state index contributed by atoms with van der Waals surface area (Å²) in [6.45, 7) is 4.30. The first-order chi connectivity index (χ1) is 14.0. The van der Waals surface area contributed by atoms with Gasteiger partial charge in [-0.1, -0.05) is 18.2 Å². The van der Waals surface area contributed by atoms with E-state index in [1.165, 1.54) is 18.3 Å². The molecule has 2 heterocycles. The van der Waals surface area contributed by atoms with Crippen LogP contribution in [0.2, 0.25) is 0 Å². The van der Waals surface area contributed by atoms with Gasteiger partial charge in [0.25, 0.3) is 5.91 Å². The molecule has 1 atom stereocenters. The van der Waals surface area contributed by atoms with E-state index in [0.717, 1.165) is 21.8 Å². The molecule has 3 aromatic rings. The smallest absolute Gasteiger partial charge is 0.261 e. The molecule has 29 heavy (non-hydrogen) atoms. The zero-order valence-corrected chi connectivity index (χ0v) is 17.2. The van der Waals surface area contributed by atoms with Gasteiger partial charge in [0.15, 0.2) is 0 Å². The molecule has 3 rings (SSSR count). The van der Waals surface area contributed by atoms with Crippen LogP contribution in [0.5, 0.6) is 5.75 Å². The van der Waals surface area contributed by atoms with Gasteiger partial charge in [0, 0.05) is 29.8 Å². The average Bonchev–Trinajstić information content (AvgIpc) is 3.21. The lowest BCUT2D eigenvalue weighted by Crippen LogP contribution is -2.25. The molecule has 2 aromatic heterocycles. The minimum absolute atomic E-state index is 0.0918. The number of amides is 2. The summed E-state index contributed by atoms with van der Waals surface area (Å²) in [6.07, 6.45) is 3.51. The molecule has 6 nitrogen and oxygen atoms in total. The monoisotopic (exact) mass is 409 g/mol. The van der Waals surface area contributed by atoms with E-state index >= 15 is 0 Å². The summed E-state index contributed by atoms with van der Waals surface area (Å²) in [7, 11) is 0. The van der Waals surface area contributed by atoms with Crippen molar-refractivity contribution in [3.8, 4) is 5.75 Å². The predicted octanol–water partition coefficient (Wildman–Crippen LogP) is 3.85. The number of pyridine rings is 1. The first-order valence-corrected chi connectivity index (χ1v) is 10.1. The van der Waals surface area contributed by atoms with E-state index in [-0.39, 0.29) is 17.9 Å². The maximum Gasteiger partial charge on any atom is 0.261 e. The Morgan fingerprint density at radius 1 is 1.14 bits per heavy atom. The molecule has 150 valence electrons. The molecule has 0 aliphatic rings. The minimum atomic E-state index is -0.143. The van der Waals surface area contributed by atoms with Gasteiger partial charge in [-0.2, -0.15) is 0 Å². The number of thiophene rings is 1. The Morgan fingerprint density at radius 2 is 1.93 bits per heavy atom. The molecule has 0 spiro atoms. The molecular formula is C22H23N3O3S. The normalized spacial score (nSPS) is 11.5. The van der Waals surface area contributed by atoms with E-state index in [1.54, 1.807) is 18.5 Å². The summed E-state index contributed by atoms with van der Waals surface area (Å²) in [6, 6.07) is 15.0. The van der Waals surface area contributed by atoms with Gasteiger partial charge in [0.05, 0.1) is 17.5 Å². The van der Waals surface area contributed by atoms with Crippen molar-refractivity contribution in [3.63, 3.8) is 0 Å². The number of aromatic nitrogens is 1. The van der Waals surface area contributed by atoms with Gasteiger partial charge in [-0.25, -0.2) is 0 Å². The number of nitrogens with zero attached hydrogens (tertiary/aromatic N) is 1. The van der Waals surface area contributed by atoms with E-state index in [1.807, 2.05) is 49.4 Å². The van der Waals surface area contributed by atoms with Crippen LogP contribution in [-0.4, -0.2) is 16.8 Å². The maximum atomic E-state index is 12.5. The van der Waals surface area contributed by atoms with Gasteiger partial charge in [0.2, 0.25) is 5.91 Å². The summed E-state index contributed by atoms with van der Waals surface area (Å²) < 4.78 is 5.76. The summed E-state index contributed by atoms with van der Waals surface area (Å²) in [5, 5.41) is 5.73. The van der Waals surface area contributed by atoms with Crippen molar-refractivity contribution in [2.75, 3.05) is 0 Å². The van der Waals surface area contributed by atoms with Gasteiger partial charge in [-0.3, -0.25) is 14.6 Å². The summed E-state index contributed by atoms with van der Waals surface area (Å²) in [5.74, 6) is 0.538. The fourth-order valence-corrected chi connectivity index (χ4v) is 3.51. The highest BCUT2D eigenvalue weighted by molar-refractivity contribution is 7.14. The van der Waals surface area contributed by atoms with E-state index < -0.39 is 0 Å². The fourth-order valence-electron chi connectivity index (χ4n) is 2.66. The third-order valence-electron chi connectivity index (χ3n) is 4.25. The van der Waals surface area contributed by atoms with Gasteiger partial charge in [-0.05, 0) is 42.8 Å².